The van der Waals surface area contributed by atoms with E-state index in [1.54, 1.807) is 24.4 Å². The van der Waals surface area contributed by atoms with Crippen molar-refractivity contribution in [2.75, 3.05) is 5.32 Å². The van der Waals surface area contributed by atoms with Gasteiger partial charge in [0.2, 0.25) is 0 Å². The van der Waals surface area contributed by atoms with Crippen LogP contribution in [0.5, 0.6) is 0 Å². The van der Waals surface area contributed by atoms with E-state index in [1.807, 2.05) is 0 Å². The lowest BCUT2D eigenvalue weighted by atomic mass is 10.2. The van der Waals surface area contributed by atoms with Crippen LogP contribution in [0, 0.1) is 0 Å². The summed E-state index contributed by atoms with van der Waals surface area (Å²) in [5.74, 6) is -0.295. The molecule has 0 aliphatic carbocycles. The number of amides is 1. The lowest BCUT2D eigenvalue weighted by Gasteiger charge is -2.02. The van der Waals surface area contributed by atoms with Crippen LogP contribution in [0.3, 0.4) is 0 Å². The summed E-state index contributed by atoms with van der Waals surface area (Å²) >= 11 is 16.2. The van der Waals surface area contributed by atoms with Gasteiger partial charge < -0.3 is 0 Å². The number of aromatic nitrogens is 1. The second kappa shape index (κ2) is 5.35. The van der Waals surface area contributed by atoms with Crippen LogP contribution >= 0.6 is 50.5 Å². The van der Waals surface area contributed by atoms with E-state index in [-0.39, 0.29) is 5.91 Å². The fourth-order valence-corrected chi connectivity index (χ4v) is 2.79. The van der Waals surface area contributed by atoms with Crippen LogP contribution in [0.15, 0.2) is 28.2 Å². The molecule has 0 fully saturated rings. The zero-order valence-electron chi connectivity index (χ0n) is 8.21. The van der Waals surface area contributed by atoms with Crippen LogP contribution in [0.2, 0.25) is 10.0 Å². The molecule has 0 aliphatic heterocycles. The summed E-state index contributed by atoms with van der Waals surface area (Å²) in [5.41, 5.74) is 0.397. The van der Waals surface area contributed by atoms with E-state index >= 15 is 0 Å². The number of hydrogen-bond donors (Lipinski definition) is 1. The maximum atomic E-state index is 11.9. The SMILES string of the molecule is O=C(Nc1ncc(Br)s1)c1cc(Cl)cc(Cl)c1. The standard InChI is InChI=1S/C10H5BrCl2N2OS/c11-8-4-14-10(17-8)15-9(16)5-1-6(12)3-7(13)2-5/h1-4H,(H,14,15,16). The van der Waals surface area contributed by atoms with Gasteiger partial charge in [0.25, 0.3) is 5.91 Å². The molecule has 0 radical (unpaired) electrons. The van der Waals surface area contributed by atoms with Crippen LogP contribution in [0.25, 0.3) is 0 Å². The van der Waals surface area contributed by atoms with Crippen molar-refractivity contribution in [1.82, 2.24) is 4.98 Å². The third-order valence-corrected chi connectivity index (χ3v) is 3.65. The largest absolute Gasteiger partial charge is 0.298 e. The number of hydrogen-bond acceptors (Lipinski definition) is 3. The number of nitrogens with zero attached hydrogens (tertiary/aromatic N) is 1. The molecule has 0 bridgehead atoms. The molecule has 3 nitrogen and oxygen atoms in total. The number of carbonyl (C=O) groups is 1. The summed E-state index contributed by atoms with van der Waals surface area (Å²) in [6, 6.07) is 4.66. The normalized spacial score (nSPS) is 10.3. The van der Waals surface area contributed by atoms with Crippen LogP contribution in [-0.2, 0) is 0 Å². The number of benzene rings is 1. The lowest BCUT2D eigenvalue weighted by molar-refractivity contribution is 0.102. The number of halogens is 3. The molecular formula is C10H5BrCl2N2OS. The number of anilines is 1. The van der Waals surface area contributed by atoms with Crippen molar-refractivity contribution in [3.63, 3.8) is 0 Å². The number of thiazole rings is 1. The second-order valence-electron chi connectivity index (χ2n) is 3.08. The van der Waals surface area contributed by atoms with Gasteiger partial charge in [-0.1, -0.05) is 34.5 Å². The van der Waals surface area contributed by atoms with Crippen molar-refractivity contribution < 1.29 is 4.79 Å². The Bertz CT molecular complexity index is 553. The summed E-state index contributed by atoms with van der Waals surface area (Å²) in [5, 5.41) is 4.01. The van der Waals surface area contributed by atoms with Crippen molar-refractivity contribution in [2.24, 2.45) is 0 Å². The Morgan fingerprint density at radius 1 is 1.29 bits per heavy atom. The molecule has 0 spiro atoms. The van der Waals surface area contributed by atoms with Gasteiger partial charge >= 0.3 is 0 Å². The highest BCUT2D eigenvalue weighted by atomic mass is 79.9. The maximum Gasteiger partial charge on any atom is 0.257 e. The first-order valence-corrected chi connectivity index (χ1v) is 6.80. The highest BCUT2D eigenvalue weighted by Gasteiger charge is 2.10. The van der Waals surface area contributed by atoms with E-state index in [0.717, 1.165) is 3.79 Å². The van der Waals surface area contributed by atoms with E-state index in [9.17, 15) is 4.79 Å². The van der Waals surface area contributed by atoms with Gasteiger partial charge in [0.05, 0.1) is 9.98 Å². The van der Waals surface area contributed by atoms with E-state index in [4.69, 9.17) is 23.2 Å². The molecule has 0 atom stereocenters. The van der Waals surface area contributed by atoms with Crippen LogP contribution in [0.1, 0.15) is 10.4 Å². The summed E-state index contributed by atoms with van der Waals surface area (Å²) in [7, 11) is 0. The minimum atomic E-state index is -0.295. The first kappa shape index (κ1) is 12.8. The topological polar surface area (TPSA) is 42.0 Å². The first-order valence-electron chi connectivity index (χ1n) is 4.43. The molecule has 0 saturated heterocycles. The average molecular weight is 352 g/mol. The van der Waals surface area contributed by atoms with Gasteiger partial charge in [-0.05, 0) is 34.1 Å². The number of rotatable bonds is 2. The summed E-state index contributed by atoms with van der Waals surface area (Å²) in [6.07, 6.45) is 1.62. The molecule has 1 amide bonds. The Morgan fingerprint density at radius 2 is 1.94 bits per heavy atom. The van der Waals surface area contributed by atoms with Crippen LogP contribution in [0.4, 0.5) is 5.13 Å². The van der Waals surface area contributed by atoms with Gasteiger partial charge in [-0.3, -0.25) is 10.1 Å². The van der Waals surface area contributed by atoms with Crippen LogP contribution < -0.4 is 5.32 Å². The Labute approximate surface area is 120 Å². The van der Waals surface area contributed by atoms with E-state index < -0.39 is 0 Å². The predicted octanol–water partition coefficient (Wildman–Crippen LogP) is 4.46. The predicted molar refractivity (Wildman–Crippen MR) is 74.2 cm³/mol. The van der Waals surface area contributed by atoms with Crippen molar-refractivity contribution >= 4 is 61.5 Å². The Balaban J connectivity index is 2.19. The monoisotopic (exact) mass is 350 g/mol. The van der Waals surface area contributed by atoms with Gasteiger partial charge in [-0.15, -0.1) is 0 Å². The van der Waals surface area contributed by atoms with Gasteiger partial charge in [-0.2, -0.15) is 0 Å². The Morgan fingerprint density at radius 3 is 2.47 bits per heavy atom. The molecule has 2 rings (SSSR count). The average Bonchev–Trinajstić information content (AvgIpc) is 2.62. The maximum absolute atomic E-state index is 11.9. The molecule has 0 saturated carbocycles. The molecule has 1 aromatic carbocycles. The fraction of sp³-hybridized carbons (Fsp3) is 0. The van der Waals surface area contributed by atoms with E-state index in [2.05, 4.69) is 26.2 Å². The van der Waals surface area contributed by atoms with E-state index in [0.29, 0.717) is 20.7 Å². The molecule has 7 heteroatoms. The smallest absolute Gasteiger partial charge is 0.257 e. The molecule has 0 aliphatic rings. The first-order chi connectivity index (χ1) is 8.04. The molecule has 2 aromatic rings. The summed E-state index contributed by atoms with van der Waals surface area (Å²) in [4.78, 5) is 15.9. The summed E-state index contributed by atoms with van der Waals surface area (Å²) in [6.45, 7) is 0. The third kappa shape index (κ3) is 3.42. The van der Waals surface area contributed by atoms with Crippen molar-refractivity contribution in [3.05, 3.63) is 43.8 Å². The van der Waals surface area contributed by atoms with Crippen molar-refractivity contribution in [2.45, 2.75) is 0 Å². The third-order valence-electron chi connectivity index (χ3n) is 1.82. The summed E-state index contributed by atoms with van der Waals surface area (Å²) < 4.78 is 0.844. The molecule has 0 unspecified atom stereocenters. The van der Waals surface area contributed by atoms with Gasteiger partial charge in [0.15, 0.2) is 5.13 Å². The van der Waals surface area contributed by atoms with Gasteiger partial charge in [0, 0.05) is 15.6 Å². The van der Waals surface area contributed by atoms with Crippen molar-refractivity contribution in [1.29, 1.82) is 0 Å². The van der Waals surface area contributed by atoms with Crippen molar-refractivity contribution in [3.8, 4) is 0 Å². The minimum absolute atomic E-state index is 0.295. The number of nitrogens with one attached hydrogen (secondary N) is 1. The molecule has 1 N–H and O–H groups in total. The highest BCUT2D eigenvalue weighted by Crippen LogP contribution is 2.24. The molecule has 17 heavy (non-hydrogen) atoms. The van der Waals surface area contributed by atoms with Gasteiger partial charge in [-0.25, -0.2) is 4.98 Å². The quantitative estimate of drug-likeness (QED) is 0.867. The van der Waals surface area contributed by atoms with Crippen LogP contribution in [-0.4, -0.2) is 10.9 Å². The number of carbonyl (C=O) groups excluding carboxylic acids is 1. The molecule has 1 aromatic heterocycles. The zero-order valence-corrected chi connectivity index (χ0v) is 12.1. The Hall–Kier alpha value is -0.620. The molecule has 1 heterocycles. The van der Waals surface area contributed by atoms with E-state index in [1.165, 1.54) is 11.3 Å². The zero-order chi connectivity index (χ0) is 12.4. The second-order valence-corrected chi connectivity index (χ2v) is 6.36. The highest BCUT2D eigenvalue weighted by molar-refractivity contribution is 9.11. The Kier molecular flexibility index (Phi) is 4.04. The molecule has 88 valence electrons. The van der Waals surface area contributed by atoms with Gasteiger partial charge in [0.1, 0.15) is 0 Å². The lowest BCUT2D eigenvalue weighted by Crippen LogP contribution is -2.11. The molecular weight excluding hydrogens is 347 g/mol. The fourth-order valence-electron chi connectivity index (χ4n) is 1.17. The minimum Gasteiger partial charge on any atom is -0.298 e.